The fourth-order valence-electron chi connectivity index (χ4n) is 2.06. The average Bonchev–Trinajstić information content (AvgIpc) is 2.55. The molecule has 0 unspecified atom stereocenters. The van der Waals surface area contributed by atoms with Crippen molar-refractivity contribution in [3.63, 3.8) is 0 Å². The van der Waals surface area contributed by atoms with Gasteiger partial charge >= 0.3 is 0 Å². The lowest BCUT2D eigenvalue weighted by atomic mass is 10.1. The fraction of sp³-hybridized carbons (Fsp3) is 0.188. The highest BCUT2D eigenvalue weighted by atomic mass is 16.5. The molecular weight excluding hydrogens is 300 g/mol. The summed E-state index contributed by atoms with van der Waals surface area (Å²) in [6, 6.07) is 7.48. The molecule has 0 aliphatic rings. The number of nitrogens with one attached hydrogen (secondary N) is 1. The number of ether oxygens (including phenoxy) is 3. The summed E-state index contributed by atoms with van der Waals surface area (Å²) in [6.07, 6.45) is 0. The molecule has 4 N–H and O–H groups in total. The van der Waals surface area contributed by atoms with E-state index in [1.165, 1.54) is 45.6 Å². The Kier molecular flexibility index (Phi) is 4.80. The molecule has 0 aromatic heterocycles. The lowest BCUT2D eigenvalue weighted by molar-refractivity contribution is 0.102. The molecule has 7 heteroatoms. The van der Waals surface area contributed by atoms with Gasteiger partial charge in [-0.1, -0.05) is 0 Å². The Morgan fingerprint density at radius 2 is 1.65 bits per heavy atom. The molecule has 0 heterocycles. The van der Waals surface area contributed by atoms with Crippen molar-refractivity contribution in [3.05, 3.63) is 35.9 Å². The molecule has 0 bridgehead atoms. The zero-order valence-corrected chi connectivity index (χ0v) is 13.0. The third-order valence-electron chi connectivity index (χ3n) is 3.20. The highest BCUT2D eigenvalue weighted by molar-refractivity contribution is 6.05. The number of hydrogen-bond acceptors (Lipinski definition) is 6. The topological polar surface area (TPSA) is 103 Å². The first-order chi connectivity index (χ1) is 11.0. The Labute approximate surface area is 133 Å². The lowest BCUT2D eigenvalue weighted by Gasteiger charge is -2.14. The van der Waals surface area contributed by atoms with Crippen LogP contribution in [0.15, 0.2) is 30.3 Å². The number of rotatable bonds is 5. The number of carbonyl (C=O) groups excluding carboxylic acids is 1. The Balaban J connectivity index is 2.35. The highest BCUT2D eigenvalue weighted by Gasteiger charge is 2.17. The van der Waals surface area contributed by atoms with Gasteiger partial charge in [0.05, 0.1) is 27.0 Å². The summed E-state index contributed by atoms with van der Waals surface area (Å²) in [7, 11) is 4.40. The number of amides is 1. The second-order valence-electron chi connectivity index (χ2n) is 4.64. The Bertz CT molecular complexity index is 705. The third kappa shape index (κ3) is 3.39. The number of phenolic OH excluding ortho intramolecular Hbond substituents is 1. The molecule has 2 aromatic carbocycles. The van der Waals surface area contributed by atoms with Gasteiger partial charge in [-0.25, -0.2) is 0 Å². The summed E-state index contributed by atoms with van der Waals surface area (Å²) in [6.45, 7) is 0. The van der Waals surface area contributed by atoms with E-state index in [4.69, 9.17) is 19.9 Å². The standard InChI is InChI=1S/C16H18N2O5/c1-21-13-6-9(7-14(22-2)15(13)23-3)16(20)18-11-5-4-10(17)8-12(11)19/h4-8,19H,17H2,1-3H3,(H,18,20). The van der Waals surface area contributed by atoms with E-state index in [2.05, 4.69) is 5.32 Å². The van der Waals surface area contributed by atoms with E-state index in [1.54, 1.807) is 6.07 Å². The van der Waals surface area contributed by atoms with Gasteiger partial charge in [0.1, 0.15) is 5.75 Å². The number of aromatic hydroxyl groups is 1. The van der Waals surface area contributed by atoms with Gasteiger partial charge in [0.25, 0.3) is 5.91 Å². The van der Waals surface area contributed by atoms with E-state index in [0.717, 1.165) is 0 Å². The molecular formula is C16H18N2O5. The van der Waals surface area contributed by atoms with Crippen LogP contribution in [0.1, 0.15) is 10.4 Å². The second kappa shape index (κ2) is 6.78. The van der Waals surface area contributed by atoms with Gasteiger partial charge in [-0.2, -0.15) is 0 Å². The average molecular weight is 318 g/mol. The second-order valence-corrected chi connectivity index (χ2v) is 4.64. The molecule has 23 heavy (non-hydrogen) atoms. The zero-order valence-electron chi connectivity index (χ0n) is 13.0. The Morgan fingerprint density at radius 3 is 2.13 bits per heavy atom. The van der Waals surface area contributed by atoms with E-state index in [1.807, 2.05) is 0 Å². The van der Waals surface area contributed by atoms with Crippen LogP contribution in [0, 0.1) is 0 Å². The number of anilines is 2. The van der Waals surface area contributed by atoms with Crippen LogP contribution < -0.4 is 25.3 Å². The van der Waals surface area contributed by atoms with Crippen LogP contribution in [-0.4, -0.2) is 32.3 Å². The molecule has 2 rings (SSSR count). The number of nitrogens with two attached hydrogens (primary N) is 1. The van der Waals surface area contributed by atoms with Gasteiger partial charge in [-0.05, 0) is 24.3 Å². The Morgan fingerprint density at radius 1 is 1.04 bits per heavy atom. The van der Waals surface area contributed by atoms with Crippen molar-refractivity contribution in [3.8, 4) is 23.0 Å². The number of benzene rings is 2. The molecule has 0 spiro atoms. The van der Waals surface area contributed by atoms with Crippen LogP contribution in [0.25, 0.3) is 0 Å². The van der Waals surface area contributed by atoms with Gasteiger partial charge in [-0.3, -0.25) is 4.79 Å². The summed E-state index contributed by atoms with van der Waals surface area (Å²) in [5.41, 5.74) is 6.49. The zero-order chi connectivity index (χ0) is 17.0. The fourth-order valence-corrected chi connectivity index (χ4v) is 2.06. The normalized spacial score (nSPS) is 10.0. The van der Waals surface area contributed by atoms with E-state index in [-0.39, 0.29) is 17.0 Å². The van der Waals surface area contributed by atoms with E-state index >= 15 is 0 Å². The molecule has 1 amide bonds. The number of methoxy groups -OCH3 is 3. The number of phenols is 1. The van der Waals surface area contributed by atoms with Crippen LogP contribution in [-0.2, 0) is 0 Å². The number of nitrogen functional groups attached to an aromatic ring is 1. The maximum Gasteiger partial charge on any atom is 0.256 e. The van der Waals surface area contributed by atoms with E-state index in [0.29, 0.717) is 22.9 Å². The predicted octanol–water partition coefficient (Wildman–Crippen LogP) is 2.25. The minimum Gasteiger partial charge on any atom is -0.506 e. The first kappa shape index (κ1) is 16.3. The summed E-state index contributed by atoms with van der Waals surface area (Å²) >= 11 is 0. The molecule has 0 aliphatic carbocycles. The van der Waals surface area contributed by atoms with Gasteiger partial charge in [0.15, 0.2) is 11.5 Å². The van der Waals surface area contributed by atoms with Crippen LogP contribution in [0.3, 0.4) is 0 Å². The van der Waals surface area contributed by atoms with Gasteiger partial charge in [0.2, 0.25) is 5.75 Å². The molecule has 0 radical (unpaired) electrons. The van der Waals surface area contributed by atoms with Crippen molar-refractivity contribution < 1.29 is 24.1 Å². The van der Waals surface area contributed by atoms with Crippen molar-refractivity contribution in [1.82, 2.24) is 0 Å². The van der Waals surface area contributed by atoms with Crippen molar-refractivity contribution in [2.45, 2.75) is 0 Å². The number of carbonyl (C=O) groups is 1. The molecule has 0 aliphatic heterocycles. The molecule has 0 atom stereocenters. The molecule has 122 valence electrons. The van der Waals surface area contributed by atoms with Crippen LogP contribution in [0.4, 0.5) is 11.4 Å². The Hall–Kier alpha value is -3.09. The van der Waals surface area contributed by atoms with E-state index in [9.17, 15) is 9.90 Å². The maximum atomic E-state index is 12.4. The largest absolute Gasteiger partial charge is 0.506 e. The van der Waals surface area contributed by atoms with Gasteiger partial charge < -0.3 is 30.4 Å². The molecule has 0 fully saturated rings. The van der Waals surface area contributed by atoms with Crippen molar-refractivity contribution >= 4 is 17.3 Å². The highest BCUT2D eigenvalue weighted by Crippen LogP contribution is 2.38. The number of hydrogen-bond donors (Lipinski definition) is 3. The van der Waals surface area contributed by atoms with E-state index < -0.39 is 5.91 Å². The first-order valence-corrected chi connectivity index (χ1v) is 6.70. The molecule has 7 nitrogen and oxygen atoms in total. The SMILES string of the molecule is COc1cc(C(=O)Nc2ccc(N)cc2O)cc(OC)c1OC. The summed E-state index contributed by atoms with van der Waals surface area (Å²) < 4.78 is 15.6. The first-order valence-electron chi connectivity index (χ1n) is 6.70. The van der Waals surface area contributed by atoms with Crippen molar-refractivity contribution in [1.29, 1.82) is 0 Å². The van der Waals surface area contributed by atoms with Crippen LogP contribution in [0.2, 0.25) is 0 Å². The third-order valence-corrected chi connectivity index (χ3v) is 3.20. The van der Waals surface area contributed by atoms with Gasteiger partial charge in [-0.15, -0.1) is 0 Å². The van der Waals surface area contributed by atoms with Crippen molar-refractivity contribution in [2.75, 3.05) is 32.4 Å². The maximum absolute atomic E-state index is 12.4. The van der Waals surface area contributed by atoms with Crippen LogP contribution in [0.5, 0.6) is 23.0 Å². The smallest absolute Gasteiger partial charge is 0.256 e. The summed E-state index contributed by atoms with van der Waals surface area (Å²) in [4.78, 5) is 12.4. The summed E-state index contributed by atoms with van der Waals surface area (Å²) in [5, 5.41) is 12.4. The van der Waals surface area contributed by atoms with Gasteiger partial charge in [0, 0.05) is 17.3 Å². The molecule has 0 saturated carbocycles. The van der Waals surface area contributed by atoms with Crippen molar-refractivity contribution in [2.24, 2.45) is 0 Å². The monoisotopic (exact) mass is 318 g/mol. The quantitative estimate of drug-likeness (QED) is 0.577. The summed E-state index contributed by atoms with van der Waals surface area (Å²) in [5.74, 6) is 0.550. The molecule has 0 saturated heterocycles. The van der Waals surface area contributed by atoms with Crippen LogP contribution >= 0.6 is 0 Å². The minimum atomic E-state index is -0.440. The predicted molar refractivity (Wildman–Crippen MR) is 86.6 cm³/mol. The molecule has 2 aromatic rings. The minimum absolute atomic E-state index is 0.120. The lowest BCUT2D eigenvalue weighted by Crippen LogP contribution is -2.13.